The zero-order valence-electron chi connectivity index (χ0n) is 13.8. The zero-order valence-corrected chi connectivity index (χ0v) is 13.8. The number of amides is 2. The molecule has 2 amide bonds. The van der Waals surface area contributed by atoms with Gasteiger partial charge in [0.1, 0.15) is 6.04 Å². The molecule has 0 saturated heterocycles. The van der Waals surface area contributed by atoms with Gasteiger partial charge >= 0.3 is 0 Å². The van der Waals surface area contributed by atoms with Crippen LogP contribution in [0.3, 0.4) is 0 Å². The van der Waals surface area contributed by atoms with Gasteiger partial charge in [0.2, 0.25) is 11.8 Å². The van der Waals surface area contributed by atoms with Gasteiger partial charge in [-0.2, -0.15) is 0 Å². The van der Waals surface area contributed by atoms with Crippen LogP contribution in [0.15, 0.2) is 30.5 Å². The Balaban J connectivity index is 2.00. The molecule has 0 aliphatic heterocycles. The molecule has 0 aliphatic carbocycles. The highest BCUT2D eigenvalue weighted by atomic mass is 16.2. The van der Waals surface area contributed by atoms with Gasteiger partial charge in [0.25, 0.3) is 0 Å². The summed E-state index contributed by atoms with van der Waals surface area (Å²) in [7, 11) is 0. The van der Waals surface area contributed by atoms with Crippen LogP contribution in [0.25, 0.3) is 10.9 Å². The first kappa shape index (κ1) is 17.1. The summed E-state index contributed by atoms with van der Waals surface area (Å²) in [6, 6.07) is 7.44. The Morgan fingerprint density at radius 2 is 2.04 bits per heavy atom. The van der Waals surface area contributed by atoms with E-state index in [1.54, 1.807) is 0 Å². The number of hydrogen-bond acceptors (Lipinski definition) is 2. The smallest absolute Gasteiger partial charge is 0.239 e. The van der Waals surface area contributed by atoms with Crippen molar-refractivity contribution < 1.29 is 9.59 Å². The molecule has 4 N–H and O–H groups in total. The van der Waals surface area contributed by atoms with Crippen LogP contribution in [0.5, 0.6) is 0 Å². The molecule has 1 aromatic heterocycles. The van der Waals surface area contributed by atoms with Crippen molar-refractivity contribution in [3.05, 3.63) is 36.0 Å². The minimum atomic E-state index is -0.576. The van der Waals surface area contributed by atoms with Gasteiger partial charge in [0, 0.05) is 23.0 Å². The molecule has 5 heteroatoms. The minimum Gasteiger partial charge on any atom is -0.368 e. The second kappa shape index (κ2) is 7.81. The molecule has 0 radical (unpaired) electrons. The highest BCUT2D eigenvalue weighted by molar-refractivity contribution is 5.88. The van der Waals surface area contributed by atoms with E-state index >= 15 is 0 Å². The van der Waals surface area contributed by atoms with Crippen molar-refractivity contribution in [2.45, 2.75) is 45.6 Å². The van der Waals surface area contributed by atoms with E-state index in [4.69, 9.17) is 5.73 Å². The zero-order chi connectivity index (χ0) is 16.8. The summed E-state index contributed by atoms with van der Waals surface area (Å²) < 4.78 is 0. The average Bonchev–Trinajstić information content (AvgIpc) is 2.94. The number of aromatic nitrogens is 1. The maximum Gasteiger partial charge on any atom is 0.239 e. The lowest BCUT2D eigenvalue weighted by Crippen LogP contribution is -2.46. The third-order valence-corrected chi connectivity index (χ3v) is 4.15. The third-order valence-electron chi connectivity index (χ3n) is 4.15. The second-order valence-corrected chi connectivity index (χ2v) is 6.07. The number of para-hydroxylation sites is 1. The van der Waals surface area contributed by atoms with Crippen molar-refractivity contribution in [2.24, 2.45) is 11.7 Å². The molecule has 0 bridgehead atoms. The van der Waals surface area contributed by atoms with Crippen molar-refractivity contribution in [1.29, 1.82) is 0 Å². The molecule has 0 saturated carbocycles. The number of fused-ring (bicyclic) bond motifs is 1. The Morgan fingerprint density at radius 1 is 1.30 bits per heavy atom. The maximum absolute atomic E-state index is 12.4. The molecule has 2 rings (SSSR count). The lowest BCUT2D eigenvalue weighted by Gasteiger charge is -2.18. The number of nitrogens with one attached hydrogen (secondary N) is 2. The normalized spacial score (nSPS) is 13.7. The summed E-state index contributed by atoms with van der Waals surface area (Å²) in [6.07, 6.45) is 4.98. The van der Waals surface area contributed by atoms with Gasteiger partial charge < -0.3 is 16.0 Å². The first-order valence-electron chi connectivity index (χ1n) is 8.17. The van der Waals surface area contributed by atoms with Crippen LogP contribution < -0.4 is 11.1 Å². The number of carbonyl (C=O) groups is 2. The summed E-state index contributed by atoms with van der Waals surface area (Å²) >= 11 is 0. The maximum atomic E-state index is 12.4. The molecule has 0 aliphatic rings. The topological polar surface area (TPSA) is 88.0 Å². The van der Waals surface area contributed by atoms with Crippen LogP contribution in [-0.2, 0) is 16.0 Å². The van der Waals surface area contributed by atoms with E-state index in [-0.39, 0.29) is 11.8 Å². The van der Waals surface area contributed by atoms with Crippen LogP contribution in [0.2, 0.25) is 0 Å². The molecule has 5 nitrogen and oxygen atoms in total. The van der Waals surface area contributed by atoms with E-state index in [0.29, 0.717) is 12.8 Å². The molecule has 2 aromatic rings. The average molecular weight is 315 g/mol. The summed E-state index contributed by atoms with van der Waals surface area (Å²) in [5, 5.41) is 3.92. The molecule has 1 heterocycles. The Hall–Kier alpha value is -2.30. The van der Waals surface area contributed by atoms with Crippen LogP contribution in [-0.4, -0.2) is 22.8 Å². The number of hydrogen-bond donors (Lipinski definition) is 3. The lowest BCUT2D eigenvalue weighted by atomic mass is 9.99. The van der Waals surface area contributed by atoms with E-state index < -0.39 is 11.9 Å². The molecular weight excluding hydrogens is 290 g/mol. The predicted molar refractivity (Wildman–Crippen MR) is 91.8 cm³/mol. The lowest BCUT2D eigenvalue weighted by molar-refractivity contribution is -0.129. The highest BCUT2D eigenvalue weighted by Crippen LogP contribution is 2.20. The molecule has 124 valence electrons. The number of unbranched alkanes of at least 4 members (excludes halogenated alkanes) is 1. The summed E-state index contributed by atoms with van der Waals surface area (Å²) in [6.45, 7) is 3.91. The first-order chi connectivity index (χ1) is 11.0. The van der Waals surface area contributed by atoms with Gasteiger partial charge in [-0.1, -0.05) is 44.9 Å². The molecule has 0 unspecified atom stereocenters. The van der Waals surface area contributed by atoms with Gasteiger partial charge in [0.05, 0.1) is 0 Å². The van der Waals surface area contributed by atoms with E-state index in [2.05, 4.69) is 10.3 Å². The van der Waals surface area contributed by atoms with Crippen molar-refractivity contribution in [3.8, 4) is 0 Å². The van der Waals surface area contributed by atoms with Crippen molar-refractivity contribution in [1.82, 2.24) is 10.3 Å². The van der Waals surface area contributed by atoms with Crippen LogP contribution in [0.4, 0.5) is 0 Å². The number of rotatable bonds is 8. The highest BCUT2D eigenvalue weighted by Gasteiger charge is 2.22. The number of aromatic amines is 1. The Kier molecular flexibility index (Phi) is 5.79. The van der Waals surface area contributed by atoms with Crippen LogP contribution in [0.1, 0.15) is 38.7 Å². The SMILES string of the molecule is CCCC[C@@H](NC(=O)[C@@H](C)Cc1c[nH]c2ccccc12)C(N)=O. The standard InChI is InChI=1S/C18H25N3O2/c1-3-4-8-16(17(19)22)21-18(23)12(2)10-13-11-20-15-9-6-5-7-14(13)15/h5-7,9,11-12,16,20H,3-4,8,10H2,1-2H3,(H2,19,22)(H,21,23)/t12-,16+/m0/s1. The molecule has 0 spiro atoms. The monoisotopic (exact) mass is 315 g/mol. The van der Waals surface area contributed by atoms with Gasteiger partial charge in [-0.15, -0.1) is 0 Å². The fraction of sp³-hybridized carbons (Fsp3) is 0.444. The Bertz CT molecular complexity index is 678. The number of carbonyl (C=O) groups excluding carboxylic acids is 2. The largest absolute Gasteiger partial charge is 0.368 e. The Labute approximate surface area is 136 Å². The fourth-order valence-corrected chi connectivity index (χ4v) is 2.73. The van der Waals surface area contributed by atoms with Crippen LogP contribution >= 0.6 is 0 Å². The van der Waals surface area contributed by atoms with E-state index in [1.165, 1.54) is 0 Å². The van der Waals surface area contributed by atoms with Crippen molar-refractivity contribution >= 4 is 22.7 Å². The van der Waals surface area contributed by atoms with Gasteiger partial charge in [-0.05, 0) is 24.5 Å². The summed E-state index contributed by atoms with van der Waals surface area (Å²) in [4.78, 5) is 27.0. The Morgan fingerprint density at radius 3 is 2.74 bits per heavy atom. The summed E-state index contributed by atoms with van der Waals surface area (Å²) in [5.41, 5.74) is 7.54. The first-order valence-corrected chi connectivity index (χ1v) is 8.17. The van der Waals surface area contributed by atoms with Gasteiger partial charge in [0.15, 0.2) is 0 Å². The minimum absolute atomic E-state index is 0.129. The molecule has 1 aromatic carbocycles. The molecule has 0 fully saturated rings. The molecule has 2 atom stereocenters. The van der Waals surface area contributed by atoms with Gasteiger partial charge in [-0.3, -0.25) is 9.59 Å². The van der Waals surface area contributed by atoms with E-state index in [0.717, 1.165) is 29.3 Å². The predicted octanol–water partition coefficient (Wildman–Crippen LogP) is 2.51. The fourth-order valence-electron chi connectivity index (χ4n) is 2.73. The number of H-pyrrole nitrogens is 1. The van der Waals surface area contributed by atoms with Gasteiger partial charge in [-0.25, -0.2) is 0 Å². The van der Waals surface area contributed by atoms with Crippen molar-refractivity contribution in [2.75, 3.05) is 0 Å². The van der Waals surface area contributed by atoms with Crippen molar-refractivity contribution in [3.63, 3.8) is 0 Å². The molecule has 23 heavy (non-hydrogen) atoms. The summed E-state index contributed by atoms with van der Waals surface area (Å²) in [5.74, 6) is -0.820. The quantitative estimate of drug-likeness (QED) is 0.699. The van der Waals surface area contributed by atoms with E-state index in [1.807, 2.05) is 44.3 Å². The number of nitrogens with two attached hydrogens (primary N) is 1. The van der Waals surface area contributed by atoms with Crippen LogP contribution in [0, 0.1) is 5.92 Å². The third kappa shape index (κ3) is 4.34. The number of benzene rings is 1. The second-order valence-electron chi connectivity index (χ2n) is 6.07. The molecular formula is C18H25N3O2. The number of primary amides is 1. The van der Waals surface area contributed by atoms with E-state index in [9.17, 15) is 9.59 Å².